The summed E-state index contributed by atoms with van der Waals surface area (Å²) < 4.78 is 12.4. The average Bonchev–Trinajstić information content (AvgIpc) is 3.25. The van der Waals surface area contributed by atoms with E-state index in [1.165, 1.54) is 16.8 Å². The van der Waals surface area contributed by atoms with Gasteiger partial charge in [0.2, 0.25) is 5.91 Å². The molecule has 3 aromatic rings. The zero-order chi connectivity index (χ0) is 21.8. The quantitative estimate of drug-likeness (QED) is 0.643. The molecule has 1 fully saturated rings. The van der Waals surface area contributed by atoms with Crippen LogP contribution in [0.5, 0.6) is 5.75 Å². The van der Waals surface area contributed by atoms with Crippen molar-refractivity contribution in [2.75, 3.05) is 20.2 Å². The number of likely N-dealkylation sites (tertiary alicyclic amines) is 1. The highest BCUT2D eigenvalue weighted by Gasteiger charge is 2.28. The maximum atomic E-state index is 12.7. The number of hydrogen-bond donors (Lipinski definition) is 1. The molecule has 0 saturated carbocycles. The van der Waals surface area contributed by atoms with Crippen LogP contribution >= 0.6 is 0 Å². The van der Waals surface area contributed by atoms with Gasteiger partial charge in [-0.05, 0) is 30.5 Å². The second kappa shape index (κ2) is 9.03. The number of ether oxygens (including phenoxy) is 1. The van der Waals surface area contributed by atoms with Gasteiger partial charge in [-0.15, -0.1) is 0 Å². The van der Waals surface area contributed by atoms with E-state index in [2.05, 4.69) is 9.97 Å². The molecule has 1 N–H and O–H groups in total. The van der Waals surface area contributed by atoms with Crippen molar-refractivity contribution in [3.63, 3.8) is 0 Å². The van der Waals surface area contributed by atoms with Crippen molar-refractivity contribution in [2.24, 2.45) is 0 Å². The fraction of sp³-hybridized carbons (Fsp3) is 0.364. The molecule has 3 heterocycles. The first-order valence-electron chi connectivity index (χ1n) is 10.2. The van der Waals surface area contributed by atoms with E-state index in [0.717, 1.165) is 29.9 Å². The summed E-state index contributed by atoms with van der Waals surface area (Å²) in [6, 6.07) is 9.02. The molecule has 1 aliphatic heterocycles. The number of benzene rings is 1. The van der Waals surface area contributed by atoms with Gasteiger partial charge in [0.1, 0.15) is 18.1 Å². The Hall–Kier alpha value is -3.62. The van der Waals surface area contributed by atoms with E-state index in [4.69, 9.17) is 9.15 Å². The number of aromatic nitrogens is 3. The Morgan fingerprint density at radius 2 is 2.06 bits per heavy atom. The van der Waals surface area contributed by atoms with E-state index in [0.29, 0.717) is 25.4 Å². The predicted octanol–water partition coefficient (Wildman–Crippen LogP) is 1.53. The molecule has 9 nitrogen and oxygen atoms in total. The standard InChI is InChI=1S/C22H24N4O5/c1-30-17-6-4-15(5-7-17)11-18-12-23-21(31-18)16-3-2-9-25(13-16)20(28)14-26-10-8-19(27)24-22(26)29/h4-8,10,12,16H,2-3,9,11,13-14H2,1H3,(H,24,27,29)/t16-/m0/s1. The van der Waals surface area contributed by atoms with Crippen LogP contribution in [-0.4, -0.2) is 45.5 Å². The summed E-state index contributed by atoms with van der Waals surface area (Å²) in [6.45, 7) is 0.989. The lowest BCUT2D eigenvalue weighted by atomic mass is 9.98. The predicted molar refractivity (Wildman–Crippen MR) is 112 cm³/mol. The van der Waals surface area contributed by atoms with Crippen molar-refractivity contribution in [2.45, 2.75) is 31.7 Å². The zero-order valence-electron chi connectivity index (χ0n) is 17.2. The number of nitrogens with one attached hydrogen (secondary N) is 1. The Morgan fingerprint density at radius 1 is 1.26 bits per heavy atom. The first-order chi connectivity index (χ1) is 15.0. The Morgan fingerprint density at radius 3 is 2.81 bits per heavy atom. The Balaban J connectivity index is 1.39. The van der Waals surface area contributed by atoms with Crippen LogP contribution in [-0.2, 0) is 17.8 Å². The lowest BCUT2D eigenvalue weighted by molar-refractivity contribution is -0.133. The number of piperidine rings is 1. The molecule has 1 saturated heterocycles. The smallest absolute Gasteiger partial charge is 0.328 e. The Bertz CT molecular complexity index is 1160. The van der Waals surface area contributed by atoms with Crippen molar-refractivity contribution in [1.82, 2.24) is 19.4 Å². The highest BCUT2D eigenvalue weighted by atomic mass is 16.5. The monoisotopic (exact) mass is 424 g/mol. The molecule has 0 spiro atoms. The normalized spacial score (nSPS) is 16.3. The van der Waals surface area contributed by atoms with Gasteiger partial charge in [0.25, 0.3) is 5.56 Å². The van der Waals surface area contributed by atoms with Crippen LogP contribution in [0.25, 0.3) is 0 Å². The average molecular weight is 424 g/mol. The van der Waals surface area contributed by atoms with Gasteiger partial charge in [-0.1, -0.05) is 12.1 Å². The molecule has 1 atom stereocenters. The zero-order valence-corrected chi connectivity index (χ0v) is 17.2. The fourth-order valence-electron chi connectivity index (χ4n) is 3.76. The molecule has 0 unspecified atom stereocenters. The molecule has 162 valence electrons. The van der Waals surface area contributed by atoms with Gasteiger partial charge >= 0.3 is 5.69 Å². The van der Waals surface area contributed by atoms with Crippen LogP contribution in [0.3, 0.4) is 0 Å². The van der Waals surface area contributed by atoms with Crippen LogP contribution in [0.1, 0.15) is 36.0 Å². The van der Waals surface area contributed by atoms with Crippen LogP contribution < -0.4 is 16.0 Å². The number of nitrogens with zero attached hydrogens (tertiary/aromatic N) is 3. The summed E-state index contributed by atoms with van der Waals surface area (Å²) in [5, 5.41) is 0. The maximum Gasteiger partial charge on any atom is 0.328 e. The Kier molecular flexibility index (Phi) is 6.01. The van der Waals surface area contributed by atoms with E-state index in [9.17, 15) is 14.4 Å². The molecule has 1 amide bonds. The van der Waals surface area contributed by atoms with Crippen molar-refractivity contribution >= 4 is 5.91 Å². The van der Waals surface area contributed by atoms with Gasteiger partial charge in [0, 0.05) is 31.8 Å². The molecule has 2 aromatic heterocycles. The molecular weight excluding hydrogens is 400 g/mol. The highest BCUT2D eigenvalue weighted by molar-refractivity contribution is 5.76. The van der Waals surface area contributed by atoms with Gasteiger partial charge in [0.15, 0.2) is 5.89 Å². The topological polar surface area (TPSA) is 110 Å². The third-order valence-electron chi connectivity index (χ3n) is 5.43. The number of methoxy groups -OCH3 is 1. The minimum Gasteiger partial charge on any atom is -0.497 e. The first kappa shape index (κ1) is 20.6. The molecule has 0 aliphatic carbocycles. The lowest BCUT2D eigenvalue weighted by Crippen LogP contribution is -2.42. The number of hydrogen-bond acceptors (Lipinski definition) is 6. The molecule has 9 heteroatoms. The number of rotatable bonds is 6. The van der Waals surface area contributed by atoms with Gasteiger partial charge in [-0.2, -0.15) is 0 Å². The molecule has 1 aliphatic rings. The highest BCUT2D eigenvalue weighted by Crippen LogP contribution is 2.27. The summed E-state index contributed by atoms with van der Waals surface area (Å²) in [7, 11) is 1.63. The molecule has 1 aromatic carbocycles. The summed E-state index contributed by atoms with van der Waals surface area (Å²) >= 11 is 0. The second-order valence-corrected chi connectivity index (χ2v) is 7.61. The number of carbonyl (C=O) groups excluding carboxylic acids is 1. The minimum absolute atomic E-state index is 0.00891. The van der Waals surface area contributed by atoms with Crippen LogP contribution in [0.15, 0.2) is 56.7 Å². The third kappa shape index (κ3) is 4.93. The van der Waals surface area contributed by atoms with Gasteiger partial charge in [0.05, 0.1) is 19.2 Å². The largest absolute Gasteiger partial charge is 0.497 e. The second-order valence-electron chi connectivity index (χ2n) is 7.61. The minimum atomic E-state index is -0.592. The van der Waals surface area contributed by atoms with E-state index < -0.39 is 11.2 Å². The SMILES string of the molecule is COc1ccc(Cc2cnc([C@H]3CCCN(C(=O)Cn4ccc(=O)[nH]c4=O)C3)o2)cc1. The van der Waals surface area contributed by atoms with Crippen LogP contribution in [0, 0.1) is 0 Å². The summed E-state index contributed by atoms with van der Waals surface area (Å²) in [4.78, 5) is 44.0. The number of carbonyl (C=O) groups is 1. The van der Waals surface area contributed by atoms with Crippen LogP contribution in [0.4, 0.5) is 0 Å². The molecular formula is C22H24N4O5. The fourth-order valence-corrected chi connectivity index (χ4v) is 3.76. The van der Waals surface area contributed by atoms with Crippen LogP contribution in [0.2, 0.25) is 0 Å². The van der Waals surface area contributed by atoms with E-state index in [-0.39, 0.29) is 18.4 Å². The van der Waals surface area contributed by atoms with Gasteiger partial charge in [-0.3, -0.25) is 19.1 Å². The number of oxazole rings is 1. The van der Waals surface area contributed by atoms with Crippen molar-refractivity contribution < 1.29 is 13.9 Å². The van der Waals surface area contributed by atoms with Crippen molar-refractivity contribution in [3.8, 4) is 5.75 Å². The van der Waals surface area contributed by atoms with E-state index in [1.807, 2.05) is 24.3 Å². The van der Waals surface area contributed by atoms with Gasteiger partial charge < -0.3 is 14.1 Å². The summed E-state index contributed by atoms with van der Waals surface area (Å²) in [5.41, 5.74) is 0.0154. The lowest BCUT2D eigenvalue weighted by Gasteiger charge is -2.31. The van der Waals surface area contributed by atoms with E-state index >= 15 is 0 Å². The number of amides is 1. The molecule has 0 radical (unpaired) electrons. The van der Waals surface area contributed by atoms with Gasteiger partial charge in [-0.25, -0.2) is 9.78 Å². The van der Waals surface area contributed by atoms with Crippen molar-refractivity contribution in [3.05, 3.63) is 80.8 Å². The number of H-pyrrole nitrogens is 1. The molecule has 0 bridgehead atoms. The maximum absolute atomic E-state index is 12.7. The number of aromatic amines is 1. The Labute approximate surface area is 178 Å². The first-order valence-corrected chi connectivity index (χ1v) is 10.2. The molecule has 31 heavy (non-hydrogen) atoms. The summed E-state index contributed by atoms with van der Waals surface area (Å²) in [5.74, 6) is 2.03. The molecule has 4 rings (SSSR count). The third-order valence-corrected chi connectivity index (χ3v) is 5.43. The van der Waals surface area contributed by atoms with Crippen molar-refractivity contribution in [1.29, 1.82) is 0 Å². The van der Waals surface area contributed by atoms with E-state index in [1.54, 1.807) is 18.2 Å². The summed E-state index contributed by atoms with van der Waals surface area (Å²) in [6.07, 6.45) is 5.40.